The Morgan fingerprint density at radius 3 is 2.71 bits per heavy atom. The molecule has 1 amide bonds. The molecule has 1 N–H and O–H groups in total. The molecule has 0 saturated carbocycles. The number of carbonyl (C=O) groups excluding carboxylic acids is 1. The van der Waals surface area contributed by atoms with Crippen molar-refractivity contribution in [1.82, 2.24) is 5.32 Å². The van der Waals surface area contributed by atoms with Crippen molar-refractivity contribution in [3.05, 3.63) is 57.0 Å². The Labute approximate surface area is 160 Å². The minimum absolute atomic E-state index is 0.0640. The molecule has 7 nitrogen and oxygen atoms in total. The molecule has 1 aliphatic rings. The van der Waals surface area contributed by atoms with Gasteiger partial charge in [0, 0.05) is 34.2 Å². The number of aryl methyl sites for hydroxylation is 2. The first-order valence-corrected chi connectivity index (χ1v) is 10.6. The minimum atomic E-state index is -3.23. The number of carbonyl (C=O) groups is 1. The molecule has 0 unspecified atom stereocenters. The molecule has 1 aliphatic heterocycles. The fraction of sp³-hybridized carbons (Fsp3) is 0.300. The van der Waals surface area contributed by atoms with Crippen LogP contribution in [0.5, 0.6) is 0 Å². The molecule has 0 spiro atoms. The monoisotopic (exact) mass is 401 g/mol. The Kier molecular flexibility index (Phi) is 4.38. The van der Waals surface area contributed by atoms with E-state index in [0.717, 1.165) is 27.3 Å². The normalized spacial score (nSPS) is 18.1. The highest BCUT2D eigenvalue weighted by Gasteiger charge is 2.23. The van der Waals surface area contributed by atoms with Gasteiger partial charge in [0.05, 0.1) is 18.1 Å². The number of benzene rings is 1. The predicted molar refractivity (Wildman–Crippen MR) is 105 cm³/mol. The van der Waals surface area contributed by atoms with Crippen LogP contribution in [0.2, 0.25) is 0 Å². The van der Waals surface area contributed by atoms with Crippen LogP contribution in [0.4, 0.5) is 0 Å². The summed E-state index contributed by atoms with van der Waals surface area (Å²) in [4.78, 5) is 24.6. The van der Waals surface area contributed by atoms with Gasteiger partial charge < -0.3 is 14.2 Å². The number of amides is 1. The van der Waals surface area contributed by atoms with Crippen LogP contribution in [0.1, 0.15) is 23.1 Å². The lowest BCUT2D eigenvalue weighted by Crippen LogP contribution is -2.35. The molecule has 0 saturated heterocycles. The maximum Gasteiger partial charge on any atom is 0.339 e. The van der Waals surface area contributed by atoms with Gasteiger partial charge in [-0.25, -0.2) is 13.2 Å². The summed E-state index contributed by atoms with van der Waals surface area (Å²) in [7, 11) is -3.23. The number of fused-ring (bicyclic) bond motifs is 2. The van der Waals surface area contributed by atoms with Gasteiger partial charge in [-0.05, 0) is 43.5 Å². The SMILES string of the molecule is Cc1coc2cc3oc(=O)c(CCC(=O)N[C@H]4C=CS(=O)(=O)C4)c(C)c3cc12. The summed E-state index contributed by atoms with van der Waals surface area (Å²) < 4.78 is 33.7. The zero-order valence-electron chi connectivity index (χ0n) is 15.4. The average Bonchev–Trinajstić information content (AvgIpc) is 3.15. The fourth-order valence-corrected chi connectivity index (χ4v) is 4.74. The van der Waals surface area contributed by atoms with E-state index in [9.17, 15) is 18.0 Å². The number of hydrogen-bond donors (Lipinski definition) is 1. The molecule has 1 atom stereocenters. The topological polar surface area (TPSA) is 107 Å². The molecule has 2 aromatic heterocycles. The quantitative estimate of drug-likeness (QED) is 0.673. The Balaban J connectivity index is 1.57. The van der Waals surface area contributed by atoms with Crippen LogP contribution < -0.4 is 10.9 Å². The van der Waals surface area contributed by atoms with Gasteiger partial charge in [0.15, 0.2) is 9.84 Å². The molecule has 0 radical (unpaired) electrons. The highest BCUT2D eigenvalue weighted by atomic mass is 32.2. The molecule has 4 rings (SSSR count). The van der Waals surface area contributed by atoms with E-state index in [0.29, 0.717) is 16.7 Å². The molecule has 28 heavy (non-hydrogen) atoms. The van der Waals surface area contributed by atoms with Gasteiger partial charge in [-0.1, -0.05) is 0 Å². The average molecular weight is 401 g/mol. The largest absolute Gasteiger partial charge is 0.464 e. The zero-order chi connectivity index (χ0) is 20.1. The van der Waals surface area contributed by atoms with Gasteiger partial charge in [0.2, 0.25) is 5.91 Å². The molecule has 8 heteroatoms. The van der Waals surface area contributed by atoms with Gasteiger partial charge >= 0.3 is 5.63 Å². The van der Waals surface area contributed by atoms with E-state index in [1.54, 1.807) is 12.3 Å². The van der Waals surface area contributed by atoms with Crippen molar-refractivity contribution < 1.29 is 22.0 Å². The van der Waals surface area contributed by atoms with Crippen molar-refractivity contribution in [2.75, 3.05) is 5.75 Å². The Hall–Kier alpha value is -2.87. The standard InChI is InChI=1S/C20H19NO6S/c1-11-9-26-17-8-18-16(7-15(11)17)12(2)14(20(23)27-18)3-4-19(22)21-13-5-6-28(24,25)10-13/h5-9,13H,3-4,10H2,1-2H3,(H,21,22)/t13-/m0/s1. The second-order valence-electron chi connectivity index (χ2n) is 7.09. The van der Waals surface area contributed by atoms with E-state index >= 15 is 0 Å². The number of rotatable bonds is 4. The van der Waals surface area contributed by atoms with Crippen LogP contribution in [0, 0.1) is 13.8 Å². The minimum Gasteiger partial charge on any atom is -0.464 e. The van der Waals surface area contributed by atoms with E-state index in [2.05, 4.69) is 5.32 Å². The summed E-state index contributed by atoms with van der Waals surface area (Å²) in [6.45, 7) is 3.77. The first-order chi connectivity index (χ1) is 13.2. The summed E-state index contributed by atoms with van der Waals surface area (Å²) >= 11 is 0. The number of nitrogens with one attached hydrogen (secondary N) is 1. The van der Waals surface area contributed by atoms with Crippen LogP contribution in [0.15, 0.2) is 43.5 Å². The third-order valence-electron chi connectivity index (χ3n) is 5.05. The van der Waals surface area contributed by atoms with Crippen LogP contribution in [0.3, 0.4) is 0 Å². The molecular formula is C20H19NO6S. The molecule has 0 fully saturated rings. The van der Waals surface area contributed by atoms with E-state index in [1.165, 1.54) is 6.08 Å². The Morgan fingerprint density at radius 1 is 1.21 bits per heavy atom. The van der Waals surface area contributed by atoms with Gasteiger partial charge in [-0.15, -0.1) is 0 Å². The Bertz CT molecular complexity index is 1300. The first-order valence-electron chi connectivity index (χ1n) is 8.88. The maximum absolute atomic E-state index is 12.4. The van der Waals surface area contributed by atoms with Gasteiger partial charge in [0.25, 0.3) is 0 Å². The summed E-state index contributed by atoms with van der Waals surface area (Å²) in [6.07, 6.45) is 3.39. The molecule has 0 aliphatic carbocycles. The second-order valence-corrected chi connectivity index (χ2v) is 9.02. The highest BCUT2D eigenvalue weighted by Crippen LogP contribution is 2.29. The van der Waals surface area contributed by atoms with Gasteiger partial charge in [-0.3, -0.25) is 4.79 Å². The summed E-state index contributed by atoms with van der Waals surface area (Å²) in [5, 5.41) is 5.52. The molecular weight excluding hydrogens is 382 g/mol. The second kappa shape index (κ2) is 6.63. The number of furan rings is 1. The lowest BCUT2D eigenvalue weighted by molar-refractivity contribution is -0.121. The maximum atomic E-state index is 12.4. The Morgan fingerprint density at radius 2 is 2.00 bits per heavy atom. The van der Waals surface area contributed by atoms with Crippen molar-refractivity contribution in [2.24, 2.45) is 0 Å². The zero-order valence-corrected chi connectivity index (χ0v) is 16.3. The van der Waals surface area contributed by atoms with E-state index in [4.69, 9.17) is 8.83 Å². The van der Waals surface area contributed by atoms with Crippen molar-refractivity contribution >= 4 is 37.7 Å². The van der Waals surface area contributed by atoms with Gasteiger partial charge in [0.1, 0.15) is 11.2 Å². The van der Waals surface area contributed by atoms with E-state index in [1.807, 2.05) is 19.9 Å². The number of hydrogen-bond acceptors (Lipinski definition) is 6. The van der Waals surface area contributed by atoms with Crippen LogP contribution in [-0.4, -0.2) is 26.1 Å². The molecule has 3 heterocycles. The van der Waals surface area contributed by atoms with E-state index in [-0.39, 0.29) is 24.5 Å². The van der Waals surface area contributed by atoms with Crippen molar-refractivity contribution in [1.29, 1.82) is 0 Å². The van der Waals surface area contributed by atoms with Gasteiger partial charge in [-0.2, -0.15) is 0 Å². The highest BCUT2D eigenvalue weighted by molar-refractivity contribution is 7.94. The smallest absolute Gasteiger partial charge is 0.339 e. The first kappa shape index (κ1) is 18.5. The molecule has 3 aromatic rings. The summed E-state index contributed by atoms with van der Waals surface area (Å²) in [5.41, 5.74) is 2.81. The van der Waals surface area contributed by atoms with Crippen molar-refractivity contribution in [3.63, 3.8) is 0 Å². The van der Waals surface area contributed by atoms with Crippen LogP contribution in [0.25, 0.3) is 21.9 Å². The number of sulfone groups is 1. The van der Waals surface area contributed by atoms with Crippen LogP contribution in [-0.2, 0) is 21.1 Å². The molecule has 1 aromatic carbocycles. The van der Waals surface area contributed by atoms with Crippen molar-refractivity contribution in [2.45, 2.75) is 32.7 Å². The van der Waals surface area contributed by atoms with E-state index < -0.39 is 21.5 Å². The predicted octanol–water partition coefficient (Wildman–Crippen LogP) is 2.52. The van der Waals surface area contributed by atoms with Crippen LogP contribution >= 0.6 is 0 Å². The third-order valence-corrected chi connectivity index (χ3v) is 6.45. The van der Waals surface area contributed by atoms with Crippen molar-refractivity contribution in [3.8, 4) is 0 Å². The molecule has 146 valence electrons. The molecule has 0 bridgehead atoms. The summed E-state index contributed by atoms with van der Waals surface area (Å²) in [6, 6.07) is 3.11. The fourth-order valence-electron chi connectivity index (χ4n) is 3.51. The summed E-state index contributed by atoms with van der Waals surface area (Å²) in [5.74, 6) is -0.442. The lowest BCUT2D eigenvalue weighted by atomic mass is 10.0. The lowest BCUT2D eigenvalue weighted by Gasteiger charge is -2.11. The third kappa shape index (κ3) is 3.35.